The molecular formula is C36H33F2N3OS. The molecule has 1 atom stereocenters. The summed E-state index contributed by atoms with van der Waals surface area (Å²) in [5.41, 5.74) is 6.25. The van der Waals surface area contributed by atoms with Crippen LogP contribution in [0.15, 0.2) is 116 Å². The smallest absolute Gasteiger partial charge is 0.159 e. The van der Waals surface area contributed by atoms with Gasteiger partial charge >= 0.3 is 0 Å². The van der Waals surface area contributed by atoms with Gasteiger partial charge in [-0.3, -0.25) is 4.79 Å². The van der Waals surface area contributed by atoms with Gasteiger partial charge in [0.1, 0.15) is 11.6 Å². The van der Waals surface area contributed by atoms with E-state index in [2.05, 4.69) is 16.4 Å². The highest BCUT2D eigenvalue weighted by atomic mass is 32.2. The Bertz CT molecular complexity index is 1650. The Morgan fingerprint density at radius 3 is 2.35 bits per heavy atom. The number of allylic oxidation sites excluding steroid dienone is 1. The molecule has 1 unspecified atom stereocenters. The van der Waals surface area contributed by atoms with E-state index in [1.165, 1.54) is 24.3 Å². The minimum atomic E-state index is -0.385. The largest absolute Gasteiger partial charge is 0.375 e. The van der Waals surface area contributed by atoms with E-state index in [0.29, 0.717) is 19.4 Å². The number of hydrogen-bond donors (Lipinski definition) is 1. The normalized spacial score (nSPS) is 12.2. The van der Waals surface area contributed by atoms with Crippen LogP contribution in [0, 0.1) is 11.6 Å². The lowest BCUT2D eigenvalue weighted by Crippen LogP contribution is -2.31. The Labute approximate surface area is 255 Å². The van der Waals surface area contributed by atoms with Crippen molar-refractivity contribution in [3.63, 3.8) is 0 Å². The molecule has 7 heteroatoms. The van der Waals surface area contributed by atoms with Gasteiger partial charge < -0.3 is 9.88 Å². The molecule has 0 spiro atoms. The number of aromatic nitrogens is 2. The van der Waals surface area contributed by atoms with Crippen molar-refractivity contribution in [3.05, 3.63) is 144 Å². The molecule has 218 valence electrons. The first-order valence-corrected chi connectivity index (χ1v) is 15.5. The summed E-state index contributed by atoms with van der Waals surface area (Å²) in [6.45, 7) is 0.544. The first-order valence-electron chi connectivity index (χ1n) is 14.1. The van der Waals surface area contributed by atoms with E-state index in [1.54, 1.807) is 48.6 Å². The van der Waals surface area contributed by atoms with E-state index >= 15 is 0 Å². The maximum absolute atomic E-state index is 13.9. The fourth-order valence-electron chi connectivity index (χ4n) is 4.97. The SMILES string of the molecule is CSCCC(Nc1ccc(/C=C(/Cn2ccnc2)c2ccc(F)cc2)cc1-c1ccc(F)cc1)C(=O)Cc1ccccc1. The molecule has 0 aliphatic carbocycles. The molecule has 4 nitrogen and oxygen atoms in total. The number of rotatable bonds is 13. The second-order valence-electron chi connectivity index (χ2n) is 10.3. The van der Waals surface area contributed by atoms with Crippen LogP contribution in [-0.4, -0.2) is 33.4 Å². The first-order chi connectivity index (χ1) is 21.0. The summed E-state index contributed by atoms with van der Waals surface area (Å²) >= 11 is 1.70. The van der Waals surface area contributed by atoms with Gasteiger partial charge in [-0.2, -0.15) is 11.8 Å². The third kappa shape index (κ3) is 8.30. The average molecular weight is 594 g/mol. The summed E-state index contributed by atoms with van der Waals surface area (Å²) in [5, 5.41) is 3.54. The van der Waals surface area contributed by atoms with Crippen molar-refractivity contribution in [2.24, 2.45) is 0 Å². The van der Waals surface area contributed by atoms with Crippen LogP contribution < -0.4 is 5.32 Å². The second kappa shape index (κ2) is 14.6. The van der Waals surface area contributed by atoms with Gasteiger partial charge in [0.15, 0.2) is 5.78 Å². The number of anilines is 1. The summed E-state index contributed by atoms with van der Waals surface area (Å²) in [6.07, 6.45) is 10.5. The van der Waals surface area contributed by atoms with Crippen molar-refractivity contribution in [3.8, 4) is 11.1 Å². The monoisotopic (exact) mass is 593 g/mol. The molecule has 1 aromatic heterocycles. The van der Waals surface area contributed by atoms with Crippen molar-refractivity contribution < 1.29 is 13.6 Å². The lowest BCUT2D eigenvalue weighted by atomic mass is 9.96. The van der Waals surface area contributed by atoms with E-state index in [4.69, 9.17) is 0 Å². The van der Waals surface area contributed by atoms with E-state index in [-0.39, 0.29) is 23.5 Å². The molecule has 0 saturated heterocycles. The number of thioether (sulfide) groups is 1. The summed E-state index contributed by atoms with van der Waals surface area (Å²) < 4.78 is 29.6. The van der Waals surface area contributed by atoms with E-state index in [0.717, 1.165) is 44.8 Å². The number of hydrogen-bond acceptors (Lipinski definition) is 4. The van der Waals surface area contributed by atoms with E-state index in [1.807, 2.05) is 65.6 Å². The number of benzene rings is 4. The number of Topliss-reactive ketones (excluding diaryl/α,β-unsaturated/α-hetero) is 1. The number of imidazole rings is 1. The molecule has 4 aromatic carbocycles. The van der Waals surface area contributed by atoms with Gasteiger partial charge in [-0.1, -0.05) is 60.7 Å². The Balaban J connectivity index is 1.52. The number of nitrogens with zero attached hydrogens (tertiary/aromatic N) is 2. The maximum Gasteiger partial charge on any atom is 0.159 e. The average Bonchev–Trinajstić information content (AvgIpc) is 3.54. The molecule has 0 bridgehead atoms. The zero-order valence-electron chi connectivity index (χ0n) is 23.9. The van der Waals surface area contributed by atoms with Crippen LogP contribution in [0.1, 0.15) is 23.1 Å². The fourth-order valence-corrected chi connectivity index (χ4v) is 5.44. The Hall–Kier alpha value is -4.49. The van der Waals surface area contributed by atoms with Crippen molar-refractivity contribution >= 4 is 34.9 Å². The zero-order chi connectivity index (χ0) is 30.0. The van der Waals surface area contributed by atoms with Gasteiger partial charge in [0.05, 0.1) is 12.4 Å². The van der Waals surface area contributed by atoms with Crippen LogP contribution >= 0.6 is 11.8 Å². The lowest BCUT2D eigenvalue weighted by Gasteiger charge is -2.22. The molecule has 5 aromatic rings. The third-order valence-electron chi connectivity index (χ3n) is 7.22. The van der Waals surface area contributed by atoms with Crippen molar-refractivity contribution in [1.82, 2.24) is 9.55 Å². The molecule has 43 heavy (non-hydrogen) atoms. The van der Waals surface area contributed by atoms with Crippen molar-refractivity contribution in [2.75, 3.05) is 17.3 Å². The van der Waals surface area contributed by atoms with Gasteiger partial charge in [-0.25, -0.2) is 13.8 Å². The predicted molar refractivity (Wildman–Crippen MR) is 174 cm³/mol. The Morgan fingerprint density at radius 2 is 1.67 bits per heavy atom. The number of ketones is 1. The van der Waals surface area contributed by atoms with Crippen LogP contribution in [0.5, 0.6) is 0 Å². The third-order valence-corrected chi connectivity index (χ3v) is 7.86. The molecule has 0 saturated carbocycles. The number of halogens is 2. The molecular weight excluding hydrogens is 560 g/mol. The van der Waals surface area contributed by atoms with Crippen LogP contribution in [-0.2, 0) is 17.8 Å². The van der Waals surface area contributed by atoms with Crippen LogP contribution in [0.2, 0.25) is 0 Å². The summed E-state index contributed by atoms with van der Waals surface area (Å²) in [7, 11) is 0. The maximum atomic E-state index is 13.9. The molecule has 0 fully saturated rings. The first kappa shape index (κ1) is 30.0. The Kier molecular flexibility index (Phi) is 10.2. The van der Waals surface area contributed by atoms with Gasteiger partial charge in [-0.15, -0.1) is 0 Å². The van der Waals surface area contributed by atoms with E-state index in [9.17, 15) is 13.6 Å². The second-order valence-corrected chi connectivity index (χ2v) is 11.3. The molecule has 5 rings (SSSR count). The predicted octanol–water partition coefficient (Wildman–Crippen LogP) is 8.41. The highest BCUT2D eigenvalue weighted by molar-refractivity contribution is 7.98. The molecule has 0 radical (unpaired) electrons. The molecule has 1 N–H and O–H groups in total. The minimum absolute atomic E-state index is 0.119. The standard InChI is InChI=1S/C36H33F2N3OS/c1-43-20-17-35(36(42)23-26-5-3-2-4-6-26)40-34-16-7-27(22-33(34)29-10-14-32(38)15-11-29)21-30(24-41-19-18-39-25-41)28-8-12-31(37)13-9-28/h2-16,18-19,21-22,25,35,40H,17,20,23-24H2,1H3/b30-21-. The highest BCUT2D eigenvalue weighted by Gasteiger charge is 2.20. The van der Waals surface area contributed by atoms with Crippen molar-refractivity contribution in [2.45, 2.75) is 25.4 Å². The van der Waals surface area contributed by atoms with Crippen LogP contribution in [0.3, 0.4) is 0 Å². The molecule has 0 amide bonds. The minimum Gasteiger partial charge on any atom is -0.375 e. The molecule has 0 aliphatic heterocycles. The topological polar surface area (TPSA) is 46.9 Å². The lowest BCUT2D eigenvalue weighted by molar-refractivity contribution is -0.119. The Morgan fingerprint density at radius 1 is 0.953 bits per heavy atom. The fraction of sp³-hybridized carbons (Fsp3) is 0.167. The molecule has 1 heterocycles. The van der Waals surface area contributed by atoms with Crippen LogP contribution in [0.4, 0.5) is 14.5 Å². The number of carbonyl (C=O) groups is 1. The highest BCUT2D eigenvalue weighted by Crippen LogP contribution is 2.32. The number of carbonyl (C=O) groups excluding carboxylic acids is 1. The summed E-state index contributed by atoms with van der Waals surface area (Å²) in [6, 6.07) is 28.2. The zero-order valence-corrected chi connectivity index (χ0v) is 24.7. The summed E-state index contributed by atoms with van der Waals surface area (Å²) in [5.74, 6) is 0.343. The van der Waals surface area contributed by atoms with Gasteiger partial charge in [0.2, 0.25) is 0 Å². The quantitative estimate of drug-likeness (QED) is 0.139. The van der Waals surface area contributed by atoms with E-state index < -0.39 is 0 Å². The van der Waals surface area contributed by atoms with Gasteiger partial charge in [0, 0.05) is 36.6 Å². The van der Waals surface area contributed by atoms with Gasteiger partial charge in [-0.05, 0) is 88.7 Å². The van der Waals surface area contributed by atoms with Gasteiger partial charge in [0.25, 0.3) is 0 Å². The van der Waals surface area contributed by atoms with Crippen LogP contribution in [0.25, 0.3) is 22.8 Å². The number of nitrogens with one attached hydrogen (secondary N) is 1. The van der Waals surface area contributed by atoms with Crippen molar-refractivity contribution in [1.29, 1.82) is 0 Å². The molecule has 0 aliphatic rings. The summed E-state index contributed by atoms with van der Waals surface area (Å²) in [4.78, 5) is 17.7.